The second-order valence-corrected chi connectivity index (χ2v) is 6.81. The number of piperidine rings is 1. The summed E-state index contributed by atoms with van der Waals surface area (Å²) in [6.07, 6.45) is 4.63. The number of rotatable bonds is 7. The first-order chi connectivity index (χ1) is 11.5. The van der Waals surface area contributed by atoms with Gasteiger partial charge in [0.05, 0.1) is 0 Å². The molecule has 24 heavy (non-hydrogen) atoms. The molecule has 1 aromatic rings. The lowest BCUT2D eigenvalue weighted by Gasteiger charge is -2.36. The van der Waals surface area contributed by atoms with Crippen LogP contribution in [0.1, 0.15) is 51.0 Å². The average Bonchev–Trinajstić information content (AvgIpc) is 2.53. The Morgan fingerprint density at radius 1 is 1.38 bits per heavy atom. The Labute approximate surface area is 142 Å². The Morgan fingerprint density at radius 2 is 2.17 bits per heavy atom. The lowest BCUT2D eigenvalue weighted by molar-refractivity contribution is -0.140. The normalized spacial score (nSPS) is 19.1. The molecule has 1 aromatic carbocycles. The van der Waals surface area contributed by atoms with E-state index in [1.165, 1.54) is 12.1 Å². The summed E-state index contributed by atoms with van der Waals surface area (Å²) >= 11 is 0. The highest BCUT2D eigenvalue weighted by Gasteiger charge is 2.27. The van der Waals surface area contributed by atoms with Crippen molar-refractivity contribution in [2.24, 2.45) is 5.92 Å². The molecule has 0 radical (unpaired) electrons. The van der Waals surface area contributed by atoms with Gasteiger partial charge in [-0.05, 0) is 55.7 Å². The summed E-state index contributed by atoms with van der Waals surface area (Å²) in [6.45, 7) is 2.72. The number of hydrogen-bond donors (Lipinski definition) is 1. The molecule has 1 saturated heterocycles. The summed E-state index contributed by atoms with van der Waals surface area (Å²) in [7, 11) is 0. The van der Waals surface area contributed by atoms with Gasteiger partial charge in [-0.25, -0.2) is 4.39 Å². The summed E-state index contributed by atoms with van der Waals surface area (Å²) in [5, 5.41) is 8.87. The molecule has 5 heteroatoms. The second kappa shape index (κ2) is 8.81. The van der Waals surface area contributed by atoms with E-state index >= 15 is 0 Å². The highest BCUT2D eigenvalue weighted by molar-refractivity contribution is 5.77. The van der Waals surface area contributed by atoms with Crippen molar-refractivity contribution in [3.8, 4) is 0 Å². The summed E-state index contributed by atoms with van der Waals surface area (Å²) in [5.41, 5.74) is 0.899. The lowest BCUT2D eigenvalue weighted by Crippen LogP contribution is -2.44. The number of hydrogen-bond acceptors (Lipinski definition) is 2. The summed E-state index contributed by atoms with van der Waals surface area (Å²) < 4.78 is 13.2. The van der Waals surface area contributed by atoms with Gasteiger partial charge < -0.3 is 10.0 Å². The number of likely N-dealkylation sites (tertiary alicyclic amines) is 1. The highest BCUT2D eigenvalue weighted by atomic mass is 19.1. The number of carboxylic acid groups (broad SMARTS) is 1. The van der Waals surface area contributed by atoms with E-state index in [4.69, 9.17) is 5.11 Å². The maximum Gasteiger partial charge on any atom is 0.303 e. The lowest BCUT2D eigenvalue weighted by atomic mass is 9.94. The molecular weight excluding hydrogens is 309 g/mol. The minimum atomic E-state index is -0.813. The van der Waals surface area contributed by atoms with Crippen LogP contribution in [0.2, 0.25) is 0 Å². The first-order valence-corrected chi connectivity index (χ1v) is 8.71. The Kier molecular flexibility index (Phi) is 6.76. The van der Waals surface area contributed by atoms with E-state index in [9.17, 15) is 14.0 Å². The van der Waals surface area contributed by atoms with Crippen LogP contribution in [-0.2, 0) is 16.0 Å². The first-order valence-electron chi connectivity index (χ1n) is 8.71. The summed E-state index contributed by atoms with van der Waals surface area (Å²) in [5.74, 6) is -0.849. The van der Waals surface area contributed by atoms with Crippen molar-refractivity contribution < 1.29 is 19.1 Å². The molecule has 4 nitrogen and oxygen atoms in total. The van der Waals surface area contributed by atoms with Crippen LogP contribution in [0.25, 0.3) is 0 Å². The molecule has 1 aliphatic heterocycles. The van der Waals surface area contributed by atoms with Gasteiger partial charge in [-0.3, -0.25) is 9.59 Å². The molecule has 0 bridgehead atoms. The fourth-order valence-electron chi connectivity index (χ4n) is 3.47. The van der Waals surface area contributed by atoms with Crippen molar-refractivity contribution in [1.82, 2.24) is 4.90 Å². The highest BCUT2D eigenvalue weighted by Crippen LogP contribution is 2.23. The van der Waals surface area contributed by atoms with Crippen molar-refractivity contribution in [3.05, 3.63) is 35.6 Å². The molecule has 2 atom stereocenters. The number of carboxylic acids is 1. The van der Waals surface area contributed by atoms with E-state index < -0.39 is 5.97 Å². The fraction of sp³-hybridized carbons (Fsp3) is 0.579. The monoisotopic (exact) mass is 335 g/mol. The van der Waals surface area contributed by atoms with Crippen molar-refractivity contribution in [3.63, 3.8) is 0 Å². The molecule has 0 saturated carbocycles. The van der Waals surface area contributed by atoms with Gasteiger partial charge in [-0.15, -0.1) is 0 Å². The molecule has 132 valence electrons. The maximum atomic E-state index is 13.2. The van der Waals surface area contributed by atoms with Gasteiger partial charge in [0.1, 0.15) is 5.82 Å². The van der Waals surface area contributed by atoms with Crippen molar-refractivity contribution in [2.45, 2.75) is 57.9 Å². The van der Waals surface area contributed by atoms with Crippen LogP contribution in [-0.4, -0.2) is 34.5 Å². The molecule has 1 fully saturated rings. The number of amides is 1. The number of carbonyl (C=O) groups is 2. The molecule has 2 unspecified atom stereocenters. The summed E-state index contributed by atoms with van der Waals surface area (Å²) in [4.78, 5) is 25.3. The van der Waals surface area contributed by atoms with Crippen molar-refractivity contribution >= 4 is 11.9 Å². The van der Waals surface area contributed by atoms with Gasteiger partial charge in [0.25, 0.3) is 0 Å². The topological polar surface area (TPSA) is 57.6 Å². The average molecular weight is 335 g/mol. The summed E-state index contributed by atoms with van der Waals surface area (Å²) in [6, 6.07) is 6.54. The quantitative estimate of drug-likeness (QED) is 0.827. The zero-order valence-corrected chi connectivity index (χ0v) is 14.2. The van der Waals surface area contributed by atoms with Gasteiger partial charge in [-0.1, -0.05) is 19.1 Å². The maximum absolute atomic E-state index is 13.2. The number of aliphatic carboxylic acids is 1. The molecule has 0 spiro atoms. The van der Waals surface area contributed by atoms with Gasteiger partial charge in [0, 0.05) is 25.4 Å². The van der Waals surface area contributed by atoms with E-state index in [0.717, 1.165) is 31.4 Å². The van der Waals surface area contributed by atoms with Crippen LogP contribution in [0.3, 0.4) is 0 Å². The molecule has 0 aliphatic carbocycles. The van der Waals surface area contributed by atoms with Gasteiger partial charge in [0.15, 0.2) is 0 Å². The van der Waals surface area contributed by atoms with Gasteiger partial charge in [0.2, 0.25) is 5.91 Å². The van der Waals surface area contributed by atoms with Crippen LogP contribution in [0.4, 0.5) is 4.39 Å². The Balaban J connectivity index is 1.89. The van der Waals surface area contributed by atoms with Crippen molar-refractivity contribution in [2.75, 3.05) is 6.54 Å². The molecular formula is C19H26FNO3. The molecule has 0 aromatic heterocycles. The molecule has 1 N–H and O–H groups in total. The minimum absolute atomic E-state index is 0.0451. The van der Waals surface area contributed by atoms with E-state index in [1.54, 1.807) is 6.07 Å². The Bertz CT molecular complexity index is 575. The fourth-order valence-corrected chi connectivity index (χ4v) is 3.47. The third-order valence-corrected chi connectivity index (χ3v) is 4.64. The number of nitrogens with zero attached hydrogens (tertiary/aromatic N) is 1. The largest absolute Gasteiger partial charge is 0.481 e. The Hall–Kier alpha value is -1.91. The van der Waals surface area contributed by atoms with E-state index in [2.05, 4.69) is 0 Å². The SMILES string of the molecule is CC(CC(=O)N1CCCCC1CCC(=O)O)Cc1cccc(F)c1. The van der Waals surface area contributed by atoms with Crippen LogP contribution in [0.5, 0.6) is 0 Å². The van der Waals surface area contributed by atoms with Gasteiger partial charge >= 0.3 is 5.97 Å². The minimum Gasteiger partial charge on any atom is -0.481 e. The number of carbonyl (C=O) groups excluding carboxylic acids is 1. The van der Waals surface area contributed by atoms with Gasteiger partial charge in [-0.2, -0.15) is 0 Å². The zero-order chi connectivity index (χ0) is 17.5. The zero-order valence-electron chi connectivity index (χ0n) is 14.2. The second-order valence-electron chi connectivity index (χ2n) is 6.81. The third-order valence-electron chi connectivity index (χ3n) is 4.64. The van der Waals surface area contributed by atoms with Crippen LogP contribution >= 0.6 is 0 Å². The molecule has 1 amide bonds. The predicted molar refractivity (Wildman–Crippen MR) is 90.1 cm³/mol. The molecule has 1 aliphatic rings. The van der Waals surface area contributed by atoms with Crippen LogP contribution in [0, 0.1) is 11.7 Å². The van der Waals surface area contributed by atoms with Crippen LogP contribution in [0.15, 0.2) is 24.3 Å². The first kappa shape index (κ1) is 18.4. The molecule has 1 heterocycles. The number of halogens is 1. The van der Waals surface area contributed by atoms with Crippen molar-refractivity contribution in [1.29, 1.82) is 0 Å². The smallest absolute Gasteiger partial charge is 0.303 e. The number of benzene rings is 1. The molecule has 2 rings (SSSR count). The van der Waals surface area contributed by atoms with E-state index in [-0.39, 0.29) is 30.1 Å². The standard InChI is InChI=1S/C19H26FNO3/c1-14(11-15-5-4-6-16(20)13-15)12-18(22)21-10-3-2-7-17(21)8-9-19(23)24/h4-6,13-14,17H,2-3,7-12H2,1H3,(H,23,24). The third kappa shape index (κ3) is 5.62. The predicted octanol–water partition coefficient (Wildman–Crippen LogP) is 3.64. The van der Waals surface area contributed by atoms with Crippen LogP contribution < -0.4 is 0 Å². The van der Waals surface area contributed by atoms with E-state index in [1.807, 2.05) is 17.9 Å². The van der Waals surface area contributed by atoms with E-state index in [0.29, 0.717) is 19.3 Å². The Morgan fingerprint density at radius 3 is 2.88 bits per heavy atom.